The predicted molar refractivity (Wildman–Crippen MR) is 56.8 cm³/mol. The molecule has 0 unspecified atom stereocenters. The molecule has 0 saturated carbocycles. The van der Waals surface area contributed by atoms with Gasteiger partial charge in [-0.2, -0.15) is 0 Å². The Balaban J connectivity index is 2.95. The first-order valence-corrected chi connectivity index (χ1v) is 4.27. The smallest absolute Gasteiger partial charge is 0.338 e. The number of phenols is 1. The number of terminal acetylenes is 1. The number of esters is 1. The van der Waals surface area contributed by atoms with E-state index in [0.29, 0.717) is 12.2 Å². The number of methoxy groups -OCH3 is 1. The number of rotatable bonds is 3. The van der Waals surface area contributed by atoms with Gasteiger partial charge in [0.25, 0.3) is 0 Å². The monoisotopic (exact) mass is 205 g/mol. The quantitative estimate of drug-likeness (QED) is 0.575. The lowest BCUT2D eigenvalue weighted by Gasteiger charge is -2.06. The van der Waals surface area contributed by atoms with Gasteiger partial charge in [0, 0.05) is 11.8 Å². The zero-order valence-electron chi connectivity index (χ0n) is 8.28. The highest BCUT2D eigenvalue weighted by Gasteiger charge is 2.07. The number of hydrogen-bond donors (Lipinski definition) is 2. The summed E-state index contributed by atoms with van der Waals surface area (Å²) >= 11 is 0. The molecule has 1 aromatic carbocycles. The van der Waals surface area contributed by atoms with E-state index < -0.39 is 5.97 Å². The number of carbonyl (C=O) groups is 1. The van der Waals surface area contributed by atoms with Crippen LogP contribution < -0.4 is 5.32 Å². The number of phenolic OH excluding ortho intramolecular Hbond substituents is 1. The molecule has 15 heavy (non-hydrogen) atoms. The molecule has 0 saturated heterocycles. The third kappa shape index (κ3) is 2.92. The fourth-order valence-electron chi connectivity index (χ4n) is 1.10. The van der Waals surface area contributed by atoms with E-state index in [0.717, 1.165) is 0 Å². The first-order valence-electron chi connectivity index (χ1n) is 4.27. The van der Waals surface area contributed by atoms with Crippen LogP contribution in [0.15, 0.2) is 18.2 Å². The molecule has 4 heteroatoms. The number of aromatic hydroxyl groups is 1. The van der Waals surface area contributed by atoms with Crippen LogP contribution in [0.2, 0.25) is 0 Å². The molecule has 0 aliphatic rings. The molecule has 78 valence electrons. The van der Waals surface area contributed by atoms with E-state index >= 15 is 0 Å². The van der Waals surface area contributed by atoms with Crippen LogP contribution >= 0.6 is 0 Å². The molecule has 0 aromatic heterocycles. The molecule has 2 N–H and O–H groups in total. The maximum absolute atomic E-state index is 11.2. The van der Waals surface area contributed by atoms with Crippen LogP contribution in [0.25, 0.3) is 0 Å². The highest BCUT2D eigenvalue weighted by Crippen LogP contribution is 2.20. The number of anilines is 1. The molecule has 0 fully saturated rings. The first kappa shape index (κ1) is 10.9. The Morgan fingerprint density at radius 1 is 1.60 bits per heavy atom. The normalized spacial score (nSPS) is 9.07. The summed E-state index contributed by atoms with van der Waals surface area (Å²) in [5.74, 6) is 1.87. The van der Waals surface area contributed by atoms with E-state index in [1.807, 2.05) is 0 Å². The molecule has 0 atom stereocenters. The standard InChI is InChI=1S/C11H11NO3/c1-3-4-12-9-5-8(11(14)15-2)6-10(13)7-9/h1,5-7,12-13H,4H2,2H3. The third-order valence-corrected chi connectivity index (χ3v) is 1.73. The van der Waals surface area contributed by atoms with Gasteiger partial charge in [0.1, 0.15) is 5.75 Å². The van der Waals surface area contributed by atoms with Crippen molar-refractivity contribution in [3.8, 4) is 18.1 Å². The number of hydrogen-bond acceptors (Lipinski definition) is 4. The number of ether oxygens (including phenoxy) is 1. The summed E-state index contributed by atoms with van der Waals surface area (Å²) in [5, 5.41) is 12.2. The maximum Gasteiger partial charge on any atom is 0.338 e. The van der Waals surface area contributed by atoms with Crippen LogP contribution in [0.4, 0.5) is 5.69 Å². The molecule has 1 rings (SSSR count). The van der Waals surface area contributed by atoms with Crippen molar-refractivity contribution in [3.05, 3.63) is 23.8 Å². The van der Waals surface area contributed by atoms with Crippen molar-refractivity contribution in [2.75, 3.05) is 19.0 Å². The van der Waals surface area contributed by atoms with Gasteiger partial charge in [-0.25, -0.2) is 4.79 Å². The highest BCUT2D eigenvalue weighted by molar-refractivity contribution is 5.91. The summed E-state index contributed by atoms with van der Waals surface area (Å²) in [6, 6.07) is 4.36. The van der Waals surface area contributed by atoms with E-state index in [9.17, 15) is 9.90 Å². The zero-order valence-corrected chi connectivity index (χ0v) is 8.28. The number of nitrogens with one attached hydrogen (secondary N) is 1. The van der Waals surface area contributed by atoms with Gasteiger partial charge in [0.15, 0.2) is 0 Å². The molecular weight excluding hydrogens is 194 g/mol. The lowest BCUT2D eigenvalue weighted by Crippen LogP contribution is -2.03. The Kier molecular flexibility index (Phi) is 3.58. The second-order valence-electron chi connectivity index (χ2n) is 2.82. The third-order valence-electron chi connectivity index (χ3n) is 1.73. The van der Waals surface area contributed by atoms with Crippen molar-refractivity contribution in [2.45, 2.75) is 0 Å². The van der Waals surface area contributed by atoms with Crippen LogP contribution in [0.1, 0.15) is 10.4 Å². The van der Waals surface area contributed by atoms with E-state index in [4.69, 9.17) is 6.42 Å². The molecule has 0 amide bonds. The minimum Gasteiger partial charge on any atom is -0.508 e. The second kappa shape index (κ2) is 4.91. The summed E-state index contributed by atoms with van der Waals surface area (Å²) in [4.78, 5) is 11.2. The van der Waals surface area contributed by atoms with Crippen LogP contribution in [-0.4, -0.2) is 24.7 Å². The summed E-state index contributed by atoms with van der Waals surface area (Å²) in [7, 11) is 1.28. The van der Waals surface area contributed by atoms with Crippen LogP contribution in [-0.2, 0) is 4.74 Å². The van der Waals surface area contributed by atoms with Crippen molar-refractivity contribution in [1.82, 2.24) is 0 Å². The Morgan fingerprint density at radius 2 is 2.33 bits per heavy atom. The molecular formula is C11H11NO3. The van der Waals surface area contributed by atoms with E-state index in [-0.39, 0.29) is 11.3 Å². The van der Waals surface area contributed by atoms with Gasteiger partial charge in [-0.3, -0.25) is 0 Å². The molecule has 0 heterocycles. The van der Waals surface area contributed by atoms with E-state index in [1.165, 1.54) is 19.2 Å². The summed E-state index contributed by atoms with van der Waals surface area (Å²) < 4.78 is 4.53. The van der Waals surface area contributed by atoms with Gasteiger partial charge < -0.3 is 15.2 Å². The molecule has 0 radical (unpaired) electrons. The summed E-state index contributed by atoms with van der Waals surface area (Å²) in [5.41, 5.74) is 0.852. The molecule has 0 aliphatic carbocycles. The van der Waals surface area contributed by atoms with Gasteiger partial charge in [-0.15, -0.1) is 6.42 Å². The number of carbonyl (C=O) groups excluding carboxylic acids is 1. The van der Waals surface area contributed by atoms with Gasteiger partial charge in [-0.1, -0.05) is 5.92 Å². The van der Waals surface area contributed by atoms with Crippen molar-refractivity contribution in [3.63, 3.8) is 0 Å². The molecule has 0 spiro atoms. The van der Waals surface area contributed by atoms with Crippen molar-refractivity contribution in [2.24, 2.45) is 0 Å². The van der Waals surface area contributed by atoms with E-state index in [2.05, 4.69) is 16.0 Å². The zero-order chi connectivity index (χ0) is 11.3. The minimum atomic E-state index is -0.505. The fraction of sp³-hybridized carbons (Fsp3) is 0.182. The van der Waals surface area contributed by atoms with Crippen molar-refractivity contribution >= 4 is 11.7 Å². The van der Waals surface area contributed by atoms with Crippen molar-refractivity contribution < 1.29 is 14.6 Å². The van der Waals surface area contributed by atoms with Gasteiger partial charge in [0.05, 0.1) is 19.2 Å². The van der Waals surface area contributed by atoms with Gasteiger partial charge in [0.2, 0.25) is 0 Å². The van der Waals surface area contributed by atoms with Crippen LogP contribution in [0.5, 0.6) is 5.75 Å². The number of benzene rings is 1. The Bertz CT molecular complexity index is 407. The molecule has 0 aliphatic heterocycles. The van der Waals surface area contributed by atoms with Crippen LogP contribution in [0, 0.1) is 12.3 Å². The molecule has 1 aromatic rings. The second-order valence-corrected chi connectivity index (χ2v) is 2.82. The minimum absolute atomic E-state index is 0.0163. The Hall–Kier alpha value is -2.15. The highest BCUT2D eigenvalue weighted by atomic mass is 16.5. The lowest BCUT2D eigenvalue weighted by molar-refractivity contribution is 0.0600. The van der Waals surface area contributed by atoms with Gasteiger partial charge >= 0.3 is 5.97 Å². The Labute approximate surface area is 87.9 Å². The van der Waals surface area contributed by atoms with Gasteiger partial charge in [-0.05, 0) is 12.1 Å². The predicted octanol–water partition coefficient (Wildman–Crippen LogP) is 1.22. The summed E-state index contributed by atoms with van der Waals surface area (Å²) in [6.07, 6.45) is 5.07. The SMILES string of the molecule is C#CCNc1cc(O)cc(C(=O)OC)c1. The molecule has 4 nitrogen and oxygen atoms in total. The Morgan fingerprint density at radius 3 is 2.93 bits per heavy atom. The maximum atomic E-state index is 11.2. The topological polar surface area (TPSA) is 58.6 Å². The largest absolute Gasteiger partial charge is 0.508 e. The lowest BCUT2D eigenvalue weighted by atomic mass is 10.2. The first-order chi connectivity index (χ1) is 7.17. The molecule has 0 bridgehead atoms. The summed E-state index contributed by atoms with van der Waals surface area (Å²) in [6.45, 7) is 0.323. The average molecular weight is 205 g/mol. The average Bonchev–Trinajstić information content (AvgIpc) is 2.24. The van der Waals surface area contributed by atoms with E-state index in [1.54, 1.807) is 6.07 Å². The van der Waals surface area contributed by atoms with Crippen LogP contribution in [0.3, 0.4) is 0 Å². The fourth-order valence-corrected chi connectivity index (χ4v) is 1.10. The van der Waals surface area contributed by atoms with Crippen molar-refractivity contribution in [1.29, 1.82) is 0 Å².